The van der Waals surface area contributed by atoms with E-state index >= 15 is 0 Å². The van der Waals surface area contributed by atoms with Gasteiger partial charge < -0.3 is 10.4 Å². The van der Waals surface area contributed by atoms with E-state index in [4.69, 9.17) is 0 Å². The van der Waals surface area contributed by atoms with Crippen molar-refractivity contribution >= 4 is 5.91 Å². The van der Waals surface area contributed by atoms with Crippen molar-refractivity contribution in [2.45, 2.75) is 39.2 Å². The lowest BCUT2D eigenvalue weighted by atomic mass is 9.98. The Hall–Kier alpha value is -1.51. The van der Waals surface area contributed by atoms with Crippen LogP contribution >= 0.6 is 0 Å². The van der Waals surface area contributed by atoms with Gasteiger partial charge in [0.1, 0.15) is 5.75 Å². The van der Waals surface area contributed by atoms with E-state index in [-0.39, 0.29) is 17.2 Å². The van der Waals surface area contributed by atoms with E-state index in [1.807, 2.05) is 26.8 Å². The molecule has 0 heterocycles. The predicted octanol–water partition coefficient (Wildman–Crippen LogP) is 2.62. The summed E-state index contributed by atoms with van der Waals surface area (Å²) in [6, 6.07) is 5.11. The molecule has 1 fully saturated rings. The first-order valence-electron chi connectivity index (χ1n) is 6.02. The number of phenolic OH excluding ortho intramolecular Hbond substituents is 1. The molecule has 0 saturated heterocycles. The van der Waals surface area contributed by atoms with Gasteiger partial charge in [-0.2, -0.15) is 0 Å². The molecule has 1 aromatic carbocycles. The van der Waals surface area contributed by atoms with Crippen LogP contribution < -0.4 is 5.32 Å². The van der Waals surface area contributed by atoms with Crippen molar-refractivity contribution in [3.05, 3.63) is 29.3 Å². The van der Waals surface area contributed by atoms with Crippen LogP contribution in [0.1, 0.15) is 42.6 Å². The third-order valence-corrected chi connectivity index (χ3v) is 3.43. The first-order valence-corrected chi connectivity index (χ1v) is 6.02. The fraction of sp³-hybridized carbons (Fsp3) is 0.500. The summed E-state index contributed by atoms with van der Waals surface area (Å²) in [5, 5.41) is 12.7. The number of benzene rings is 1. The van der Waals surface area contributed by atoms with Crippen molar-refractivity contribution in [2.24, 2.45) is 5.92 Å². The van der Waals surface area contributed by atoms with Gasteiger partial charge in [-0.3, -0.25) is 4.79 Å². The maximum Gasteiger partial charge on any atom is 0.255 e. The largest absolute Gasteiger partial charge is 0.507 e. The minimum absolute atomic E-state index is 0.0501. The zero-order valence-corrected chi connectivity index (χ0v) is 10.6. The Balaban J connectivity index is 2.14. The molecule has 17 heavy (non-hydrogen) atoms. The quantitative estimate of drug-likeness (QED) is 0.843. The van der Waals surface area contributed by atoms with Crippen molar-refractivity contribution in [3.63, 3.8) is 0 Å². The van der Waals surface area contributed by atoms with E-state index in [9.17, 15) is 9.90 Å². The molecule has 1 aliphatic carbocycles. The number of aryl methyl sites for hydroxylation is 1. The van der Waals surface area contributed by atoms with Crippen LogP contribution in [0.2, 0.25) is 0 Å². The molecular weight excluding hydrogens is 214 g/mol. The van der Waals surface area contributed by atoms with Gasteiger partial charge in [0, 0.05) is 5.54 Å². The fourth-order valence-corrected chi connectivity index (χ4v) is 2.10. The monoisotopic (exact) mass is 233 g/mol. The summed E-state index contributed by atoms with van der Waals surface area (Å²) in [7, 11) is 0. The number of phenols is 1. The van der Waals surface area contributed by atoms with E-state index in [1.165, 1.54) is 12.8 Å². The average Bonchev–Trinajstić information content (AvgIpc) is 2.98. The van der Waals surface area contributed by atoms with Crippen molar-refractivity contribution in [2.75, 3.05) is 0 Å². The molecule has 1 saturated carbocycles. The molecule has 0 spiro atoms. The summed E-state index contributed by atoms with van der Waals surface area (Å²) >= 11 is 0. The first kappa shape index (κ1) is 12.0. The molecule has 3 heteroatoms. The molecule has 1 aromatic rings. The molecule has 2 N–H and O–H groups in total. The molecule has 3 nitrogen and oxygen atoms in total. The molecule has 92 valence electrons. The average molecular weight is 233 g/mol. The van der Waals surface area contributed by atoms with Crippen LogP contribution in [-0.4, -0.2) is 16.6 Å². The highest BCUT2D eigenvalue weighted by molar-refractivity contribution is 5.97. The summed E-state index contributed by atoms with van der Waals surface area (Å²) in [6.07, 6.45) is 2.35. The van der Waals surface area contributed by atoms with E-state index in [0.29, 0.717) is 11.5 Å². The molecule has 0 aromatic heterocycles. The number of aromatic hydroxyl groups is 1. The number of hydrogen-bond acceptors (Lipinski definition) is 2. The van der Waals surface area contributed by atoms with Crippen molar-refractivity contribution in [1.29, 1.82) is 0 Å². The van der Waals surface area contributed by atoms with E-state index < -0.39 is 0 Å². The Morgan fingerprint density at radius 2 is 2.06 bits per heavy atom. The summed E-state index contributed by atoms with van der Waals surface area (Å²) in [5.74, 6) is 0.424. The van der Waals surface area contributed by atoms with Gasteiger partial charge in [0.25, 0.3) is 5.91 Å². The van der Waals surface area contributed by atoms with Gasteiger partial charge in [0.15, 0.2) is 0 Å². The Morgan fingerprint density at radius 3 is 2.59 bits per heavy atom. The van der Waals surface area contributed by atoms with Gasteiger partial charge in [-0.1, -0.05) is 6.07 Å². The van der Waals surface area contributed by atoms with Crippen LogP contribution in [0.3, 0.4) is 0 Å². The zero-order chi connectivity index (χ0) is 12.6. The third-order valence-electron chi connectivity index (χ3n) is 3.43. The Kier molecular flexibility index (Phi) is 2.86. The zero-order valence-electron chi connectivity index (χ0n) is 10.6. The molecule has 0 unspecified atom stereocenters. The smallest absolute Gasteiger partial charge is 0.255 e. The number of carbonyl (C=O) groups excluding carboxylic acids is 1. The van der Waals surface area contributed by atoms with Crippen LogP contribution in [0.5, 0.6) is 5.75 Å². The highest BCUT2D eigenvalue weighted by Crippen LogP contribution is 2.39. The van der Waals surface area contributed by atoms with Crippen molar-refractivity contribution in [1.82, 2.24) is 5.32 Å². The van der Waals surface area contributed by atoms with E-state index in [2.05, 4.69) is 5.32 Å². The fourth-order valence-electron chi connectivity index (χ4n) is 2.10. The number of hydrogen-bond donors (Lipinski definition) is 2. The summed E-state index contributed by atoms with van der Waals surface area (Å²) in [5.41, 5.74) is 1.11. The van der Waals surface area contributed by atoms with Crippen LogP contribution in [0.4, 0.5) is 0 Å². The van der Waals surface area contributed by atoms with Crippen molar-refractivity contribution < 1.29 is 9.90 Å². The van der Waals surface area contributed by atoms with Gasteiger partial charge in [0.2, 0.25) is 0 Å². The first-order chi connectivity index (χ1) is 7.90. The Bertz CT molecular complexity index is 448. The van der Waals surface area contributed by atoms with Crippen LogP contribution in [0.25, 0.3) is 0 Å². The van der Waals surface area contributed by atoms with E-state index in [1.54, 1.807) is 12.1 Å². The van der Waals surface area contributed by atoms with Crippen molar-refractivity contribution in [3.8, 4) is 5.75 Å². The lowest BCUT2D eigenvalue weighted by Gasteiger charge is -2.26. The third kappa shape index (κ3) is 2.60. The summed E-state index contributed by atoms with van der Waals surface area (Å²) in [6.45, 7) is 5.96. The second-order valence-electron chi connectivity index (χ2n) is 5.47. The summed E-state index contributed by atoms with van der Waals surface area (Å²) in [4.78, 5) is 12.1. The number of nitrogens with one attached hydrogen (secondary N) is 1. The molecule has 0 atom stereocenters. The molecule has 0 bridgehead atoms. The van der Waals surface area contributed by atoms with Gasteiger partial charge in [0.05, 0.1) is 5.56 Å². The minimum atomic E-state index is -0.195. The normalized spacial score (nSPS) is 15.7. The molecule has 0 aliphatic heterocycles. The second kappa shape index (κ2) is 4.06. The second-order valence-corrected chi connectivity index (χ2v) is 5.47. The summed E-state index contributed by atoms with van der Waals surface area (Å²) < 4.78 is 0. The Morgan fingerprint density at radius 1 is 1.41 bits per heavy atom. The maximum absolute atomic E-state index is 12.1. The number of rotatable bonds is 3. The molecule has 2 rings (SSSR count). The van der Waals surface area contributed by atoms with Gasteiger partial charge in [-0.05, 0) is 57.2 Å². The van der Waals surface area contributed by atoms with Crippen LogP contribution in [-0.2, 0) is 0 Å². The number of amides is 1. The molecule has 0 radical (unpaired) electrons. The molecular formula is C14H19NO2. The Labute approximate surface area is 102 Å². The van der Waals surface area contributed by atoms with Crippen LogP contribution in [0, 0.1) is 12.8 Å². The molecule has 1 amide bonds. The minimum Gasteiger partial charge on any atom is -0.507 e. The topological polar surface area (TPSA) is 49.3 Å². The van der Waals surface area contributed by atoms with E-state index in [0.717, 1.165) is 5.56 Å². The lowest BCUT2D eigenvalue weighted by molar-refractivity contribution is 0.0900. The standard InChI is InChI=1S/C14H19NO2/c1-9-4-7-11(12(16)8-9)13(17)15-14(2,3)10-5-6-10/h4,7-8,10,16H,5-6H2,1-3H3,(H,15,17). The van der Waals surface area contributed by atoms with Crippen LogP contribution in [0.15, 0.2) is 18.2 Å². The highest BCUT2D eigenvalue weighted by atomic mass is 16.3. The van der Waals surface area contributed by atoms with Gasteiger partial charge >= 0.3 is 0 Å². The lowest BCUT2D eigenvalue weighted by Crippen LogP contribution is -2.45. The highest BCUT2D eigenvalue weighted by Gasteiger charge is 2.39. The SMILES string of the molecule is Cc1ccc(C(=O)NC(C)(C)C2CC2)c(O)c1. The molecule has 1 aliphatic rings. The number of carbonyl (C=O) groups is 1. The predicted molar refractivity (Wildman–Crippen MR) is 67.1 cm³/mol. The van der Waals surface area contributed by atoms with Gasteiger partial charge in [-0.25, -0.2) is 0 Å². The van der Waals surface area contributed by atoms with Gasteiger partial charge in [-0.15, -0.1) is 0 Å². The maximum atomic E-state index is 12.1.